The van der Waals surface area contributed by atoms with Gasteiger partial charge in [-0.1, -0.05) is 36.9 Å². The van der Waals surface area contributed by atoms with E-state index >= 15 is 0 Å². The Morgan fingerprint density at radius 2 is 2.40 bits per heavy atom. The molecule has 0 bridgehead atoms. The first-order valence-corrected chi connectivity index (χ1v) is 6.78. The van der Waals surface area contributed by atoms with E-state index in [-0.39, 0.29) is 5.41 Å². The second kappa shape index (κ2) is 4.22. The van der Waals surface area contributed by atoms with E-state index in [0.717, 1.165) is 17.2 Å². The number of hydrogen-bond donors (Lipinski definition) is 0. The normalized spacial score (nSPS) is 25.5. The van der Waals surface area contributed by atoms with Gasteiger partial charge < -0.3 is 0 Å². The van der Waals surface area contributed by atoms with Crippen LogP contribution < -0.4 is 0 Å². The summed E-state index contributed by atoms with van der Waals surface area (Å²) in [7, 11) is 0. The van der Waals surface area contributed by atoms with Crippen LogP contribution in [0.3, 0.4) is 0 Å². The van der Waals surface area contributed by atoms with Crippen LogP contribution in [0, 0.1) is 5.41 Å². The highest BCUT2D eigenvalue weighted by molar-refractivity contribution is 8.01. The van der Waals surface area contributed by atoms with Crippen LogP contribution in [0.1, 0.15) is 33.1 Å². The Morgan fingerprint density at radius 3 is 3.07 bits per heavy atom. The van der Waals surface area contributed by atoms with Gasteiger partial charge in [0.25, 0.3) is 0 Å². The van der Waals surface area contributed by atoms with Gasteiger partial charge in [0.2, 0.25) is 0 Å². The lowest BCUT2D eigenvalue weighted by Crippen LogP contribution is -2.34. The van der Waals surface area contributed by atoms with Crippen molar-refractivity contribution in [3.05, 3.63) is 5.51 Å². The maximum atomic E-state index is 11.4. The molecule has 15 heavy (non-hydrogen) atoms. The average molecular weight is 242 g/mol. The van der Waals surface area contributed by atoms with Crippen molar-refractivity contribution in [3.8, 4) is 0 Å². The maximum Gasteiger partial charge on any atom is 0.174 e. The van der Waals surface area contributed by atoms with Crippen molar-refractivity contribution < 1.29 is 4.79 Å². The van der Waals surface area contributed by atoms with Crippen LogP contribution in [0.25, 0.3) is 0 Å². The summed E-state index contributed by atoms with van der Waals surface area (Å²) < 4.78 is 0.975. The maximum absolute atomic E-state index is 11.4. The van der Waals surface area contributed by atoms with Crippen molar-refractivity contribution in [1.29, 1.82) is 0 Å². The predicted molar refractivity (Wildman–Crippen MR) is 62.2 cm³/mol. The molecule has 0 aliphatic heterocycles. The number of nitrogens with zero attached hydrogens (tertiary/aromatic N) is 2. The fourth-order valence-corrected chi connectivity index (χ4v) is 3.77. The van der Waals surface area contributed by atoms with Crippen LogP contribution in [-0.4, -0.2) is 21.2 Å². The Hall–Kier alpha value is -0.420. The molecule has 1 fully saturated rings. The van der Waals surface area contributed by atoms with Gasteiger partial charge in [0, 0.05) is 18.1 Å². The van der Waals surface area contributed by atoms with Gasteiger partial charge in [0.05, 0.1) is 0 Å². The highest BCUT2D eigenvalue weighted by Gasteiger charge is 2.36. The van der Waals surface area contributed by atoms with E-state index < -0.39 is 0 Å². The van der Waals surface area contributed by atoms with Crippen LogP contribution in [0.15, 0.2) is 9.85 Å². The molecule has 3 nitrogen and oxygen atoms in total. The number of Topliss-reactive ketones (excluding diaryl/α,β-unsaturated/α-hetero) is 1. The first kappa shape index (κ1) is 11.1. The van der Waals surface area contributed by atoms with Crippen molar-refractivity contribution in [2.24, 2.45) is 5.41 Å². The van der Waals surface area contributed by atoms with E-state index in [9.17, 15) is 4.79 Å². The van der Waals surface area contributed by atoms with Crippen LogP contribution in [0.5, 0.6) is 0 Å². The third kappa shape index (κ3) is 2.58. The largest absolute Gasteiger partial charge is 0.300 e. The topological polar surface area (TPSA) is 42.9 Å². The van der Waals surface area contributed by atoms with E-state index in [1.165, 1.54) is 0 Å². The molecule has 1 atom stereocenters. The second-order valence-corrected chi connectivity index (χ2v) is 6.83. The summed E-state index contributed by atoms with van der Waals surface area (Å²) in [5.41, 5.74) is 1.96. The average Bonchev–Trinajstić information content (AvgIpc) is 2.65. The lowest BCUT2D eigenvalue weighted by molar-refractivity contribution is -0.121. The van der Waals surface area contributed by atoms with Crippen molar-refractivity contribution in [3.63, 3.8) is 0 Å². The SMILES string of the molecule is CC1(C)CCC(=O)CC1Sc1nncs1. The number of ketones is 1. The number of aromatic nitrogens is 2. The van der Waals surface area contributed by atoms with Crippen molar-refractivity contribution in [1.82, 2.24) is 10.2 Å². The minimum absolute atomic E-state index is 0.226. The molecule has 82 valence electrons. The number of carbonyl (C=O) groups excluding carboxylic acids is 1. The molecule has 2 rings (SSSR count). The molecule has 0 radical (unpaired) electrons. The Kier molecular flexibility index (Phi) is 3.11. The van der Waals surface area contributed by atoms with Crippen LogP contribution in [0.2, 0.25) is 0 Å². The number of carbonyl (C=O) groups is 1. The van der Waals surface area contributed by atoms with Crippen molar-refractivity contribution in [2.45, 2.75) is 42.7 Å². The molecule has 1 heterocycles. The van der Waals surface area contributed by atoms with Gasteiger partial charge in [0.15, 0.2) is 4.34 Å². The van der Waals surface area contributed by atoms with Gasteiger partial charge in [-0.3, -0.25) is 4.79 Å². The van der Waals surface area contributed by atoms with E-state index in [0.29, 0.717) is 17.5 Å². The Balaban J connectivity index is 2.08. The summed E-state index contributed by atoms with van der Waals surface area (Å²) in [5.74, 6) is 0.386. The highest BCUT2D eigenvalue weighted by Crippen LogP contribution is 2.44. The van der Waals surface area contributed by atoms with Gasteiger partial charge in [-0.15, -0.1) is 10.2 Å². The molecule has 1 aromatic rings. The van der Waals surface area contributed by atoms with Gasteiger partial charge in [0.1, 0.15) is 11.3 Å². The molecule has 0 amide bonds. The number of rotatable bonds is 2. The van der Waals surface area contributed by atoms with E-state index in [1.807, 2.05) is 0 Å². The quantitative estimate of drug-likeness (QED) is 0.800. The molecule has 0 spiro atoms. The summed E-state index contributed by atoms with van der Waals surface area (Å²) in [6.45, 7) is 4.47. The summed E-state index contributed by atoms with van der Waals surface area (Å²) in [4.78, 5) is 11.4. The molecular weight excluding hydrogens is 228 g/mol. The zero-order valence-electron chi connectivity index (χ0n) is 8.90. The molecule has 0 aromatic carbocycles. The monoisotopic (exact) mass is 242 g/mol. The van der Waals surface area contributed by atoms with Gasteiger partial charge in [-0.05, 0) is 11.8 Å². The fraction of sp³-hybridized carbons (Fsp3) is 0.700. The molecule has 1 aromatic heterocycles. The smallest absolute Gasteiger partial charge is 0.174 e. The molecule has 1 aliphatic carbocycles. The number of hydrogen-bond acceptors (Lipinski definition) is 5. The predicted octanol–water partition coefficient (Wildman–Crippen LogP) is 2.78. The summed E-state index contributed by atoms with van der Waals surface area (Å²) >= 11 is 3.25. The minimum Gasteiger partial charge on any atom is -0.300 e. The Labute approximate surface area is 97.7 Å². The van der Waals surface area contributed by atoms with E-state index in [4.69, 9.17) is 0 Å². The van der Waals surface area contributed by atoms with Crippen LogP contribution in [-0.2, 0) is 4.79 Å². The Bertz CT molecular complexity index is 348. The standard InChI is InChI=1S/C10H14N2OS2/c1-10(2)4-3-7(13)5-8(10)15-9-12-11-6-14-9/h6,8H,3-5H2,1-2H3. The molecule has 1 unspecified atom stereocenters. The number of thioether (sulfide) groups is 1. The molecule has 5 heteroatoms. The van der Waals surface area contributed by atoms with E-state index in [2.05, 4.69) is 24.0 Å². The van der Waals surface area contributed by atoms with Gasteiger partial charge >= 0.3 is 0 Å². The summed E-state index contributed by atoms with van der Waals surface area (Å²) in [6.07, 6.45) is 2.40. The first-order chi connectivity index (χ1) is 7.08. The molecule has 1 aliphatic rings. The third-order valence-electron chi connectivity index (χ3n) is 2.92. The molecule has 0 N–H and O–H groups in total. The van der Waals surface area contributed by atoms with Gasteiger partial charge in [-0.25, -0.2) is 0 Å². The zero-order chi connectivity index (χ0) is 10.9. The van der Waals surface area contributed by atoms with Crippen molar-refractivity contribution in [2.75, 3.05) is 0 Å². The lowest BCUT2D eigenvalue weighted by atomic mass is 9.76. The summed E-state index contributed by atoms with van der Waals surface area (Å²) in [6, 6.07) is 0. The third-order valence-corrected chi connectivity index (χ3v) is 5.35. The molecule has 0 saturated heterocycles. The van der Waals surface area contributed by atoms with E-state index in [1.54, 1.807) is 28.6 Å². The first-order valence-electron chi connectivity index (χ1n) is 5.02. The van der Waals surface area contributed by atoms with Crippen LogP contribution in [0.4, 0.5) is 0 Å². The molecule has 1 saturated carbocycles. The summed E-state index contributed by atoms with van der Waals surface area (Å²) in [5, 5.41) is 8.19. The zero-order valence-corrected chi connectivity index (χ0v) is 10.5. The minimum atomic E-state index is 0.226. The second-order valence-electron chi connectivity index (χ2n) is 4.54. The highest BCUT2D eigenvalue weighted by atomic mass is 32.2. The fourth-order valence-electron chi connectivity index (χ4n) is 1.74. The van der Waals surface area contributed by atoms with Crippen LogP contribution >= 0.6 is 23.1 Å². The van der Waals surface area contributed by atoms with Gasteiger partial charge in [-0.2, -0.15) is 0 Å². The Morgan fingerprint density at radius 1 is 1.60 bits per heavy atom. The lowest BCUT2D eigenvalue weighted by Gasteiger charge is -2.36. The molecular formula is C10H14N2OS2. The van der Waals surface area contributed by atoms with Crippen molar-refractivity contribution >= 4 is 28.9 Å².